The summed E-state index contributed by atoms with van der Waals surface area (Å²) < 4.78 is 1.74. The Labute approximate surface area is 118 Å². The second kappa shape index (κ2) is 5.25. The van der Waals surface area contributed by atoms with Crippen LogP contribution in [-0.4, -0.2) is 9.67 Å². The summed E-state index contributed by atoms with van der Waals surface area (Å²) in [5.41, 5.74) is 4.36. The van der Waals surface area contributed by atoms with E-state index in [4.69, 9.17) is 0 Å². The highest BCUT2D eigenvalue weighted by Crippen LogP contribution is 2.22. The Hall–Kier alpha value is -1.87. The van der Waals surface area contributed by atoms with Gasteiger partial charge in [-0.25, -0.2) is 0 Å². The molecule has 104 valence electrons. The van der Waals surface area contributed by atoms with Gasteiger partial charge in [0.1, 0.15) is 0 Å². The number of aromatic nitrogens is 1. The minimum Gasteiger partial charge on any atom is -0.387 e. The van der Waals surface area contributed by atoms with Crippen molar-refractivity contribution in [3.8, 4) is 0 Å². The summed E-state index contributed by atoms with van der Waals surface area (Å²) in [6.07, 6.45) is 2.43. The maximum Gasteiger partial charge on any atom is 0.250 e. The van der Waals surface area contributed by atoms with Gasteiger partial charge in [0.15, 0.2) is 0 Å². The van der Waals surface area contributed by atoms with Crippen LogP contribution in [-0.2, 0) is 19.4 Å². The minimum atomic E-state index is -0.639. The van der Waals surface area contributed by atoms with E-state index in [0.717, 1.165) is 30.5 Å². The Bertz CT molecular complexity index is 670. The first-order chi connectivity index (χ1) is 9.65. The van der Waals surface area contributed by atoms with Crippen molar-refractivity contribution in [3.63, 3.8) is 0 Å². The van der Waals surface area contributed by atoms with Gasteiger partial charge in [-0.05, 0) is 37.3 Å². The fourth-order valence-corrected chi connectivity index (χ4v) is 2.90. The molecule has 3 nitrogen and oxygen atoms in total. The molecule has 0 aliphatic heterocycles. The molecule has 3 rings (SSSR count). The van der Waals surface area contributed by atoms with Gasteiger partial charge >= 0.3 is 0 Å². The van der Waals surface area contributed by atoms with Crippen LogP contribution in [0.5, 0.6) is 0 Å². The Morgan fingerprint density at radius 1 is 1.15 bits per heavy atom. The third-order valence-corrected chi connectivity index (χ3v) is 4.07. The van der Waals surface area contributed by atoms with Crippen LogP contribution in [0.25, 0.3) is 0 Å². The lowest BCUT2D eigenvalue weighted by Gasteiger charge is -2.16. The Morgan fingerprint density at radius 3 is 2.65 bits per heavy atom. The molecule has 1 aromatic carbocycles. The monoisotopic (exact) mass is 269 g/mol. The lowest BCUT2D eigenvalue weighted by atomic mass is 10.1. The topological polar surface area (TPSA) is 42.2 Å². The van der Waals surface area contributed by atoms with Gasteiger partial charge in [0.05, 0.1) is 12.6 Å². The van der Waals surface area contributed by atoms with E-state index >= 15 is 0 Å². The van der Waals surface area contributed by atoms with Crippen LogP contribution in [0.2, 0.25) is 0 Å². The van der Waals surface area contributed by atoms with Crippen molar-refractivity contribution >= 4 is 0 Å². The Kier molecular flexibility index (Phi) is 3.45. The summed E-state index contributed by atoms with van der Waals surface area (Å²) in [5, 5.41) is 10.4. The highest BCUT2D eigenvalue weighted by molar-refractivity contribution is 5.27. The molecule has 0 radical (unpaired) electrons. The van der Waals surface area contributed by atoms with Crippen LogP contribution in [0.1, 0.15) is 34.9 Å². The Balaban J connectivity index is 1.90. The van der Waals surface area contributed by atoms with Crippen LogP contribution in [0.15, 0.2) is 41.2 Å². The summed E-state index contributed by atoms with van der Waals surface area (Å²) in [6.45, 7) is 2.36. The summed E-state index contributed by atoms with van der Waals surface area (Å²) in [6, 6.07) is 11.4. The fourth-order valence-electron chi connectivity index (χ4n) is 2.90. The average molecular weight is 269 g/mol. The molecule has 1 N–H and O–H groups in total. The number of pyridine rings is 1. The van der Waals surface area contributed by atoms with E-state index in [-0.39, 0.29) is 5.56 Å². The number of aryl methyl sites for hydroxylation is 2. The molecular weight excluding hydrogens is 250 g/mol. The first kappa shape index (κ1) is 13.1. The van der Waals surface area contributed by atoms with Crippen molar-refractivity contribution in [3.05, 3.63) is 69.1 Å². The number of hydrogen-bond acceptors (Lipinski definition) is 2. The molecule has 0 saturated heterocycles. The second-order valence-electron chi connectivity index (χ2n) is 5.53. The standard InChI is InChI=1S/C17H19NO2/c1-12-5-7-14(8-6-12)16(19)11-18-15-4-2-3-13(15)9-10-17(18)20/h5-10,16,19H,2-4,11H2,1H3. The van der Waals surface area contributed by atoms with E-state index in [0.29, 0.717) is 6.54 Å². The molecule has 1 atom stereocenters. The summed E-state index contributed by atoms with van der Waals surface area (Å²) in [5.74, 6) is 0. The van der Waals surface area contributed by atoms with Crippen LogP contribution in [0.3, 0.4) is 0 Å². The number of hydrogen-bond donors (Lipinski definition) is 1. The van der Waals surface area contributed by atoms with Crippen molar-refractivity contribution in [2.45, 2.75) is 38.8 Å². The lowest BCUT2D eigenvalue weighted by Crippen LogP contribution is -2.25. The predicted molar refractivity (Wildman–Crippen MR) is 78.9 cm³/mol. The van der Waals surface area contributed by atoms with Crippen molar-refractivity contribution in [1.82, 2.24) is 4.57 Å². The van der Waals surface area contributed by atoms with Gasteiger partial charge in [0, 0.05) is 11.8 Å². The van der Waals surface area contributed by atoms with E-state index in [1.165, 1.54) is 11.1 Å². The summed E-state index contributed by atoms with van der Waals surface area (Å²) in [7, 11) is 0. The number of benzene rings is 1. The van der Waals surface area contributed by atoms with Gasteiger partial charge in [0.2, 0.25) is 0 Å². The zero-order valence-corrected chi connectivity index (χ0v) is 11.7. The van der Waals surface area contributed by atoms with Gasteiger partial charge in [-0.3, -0.25) is 4.79 Å². The van der Waals surface area contributed by atoms with Gasteiger partial charge < -0.3 is 9.67 Å². The highest BCUT2D eigenvalue weighted by Gasteiger charge is 2.18. The minimum absolute atomic E-state index is 0.0168. The van der Waals surface area contributed by atoms with Crippen LogP contribution in [0.4, 0.5) is 0 Å². The average Bonchev–Trinajstić information content (AvgIpc) is 2.91. The number of nitrogens with zero attached hydrogens (tertiary/aromatic N) is 1. The predicted octanol–water partition coefficient (Wildman–Crippen LogP) is 2.38. The number of rotatable bonds is 3. The molecular formula is C17H19NO2. The maximum atomic E-state index is 12.1. The van der Waals surface area contributed by atoms with Crippen molar-refractivity contribution < 1.29 is 5.11 Å². The molecule has 3 heteroatoms. The van der Waals surface area contributed by atoms with Crippen LogP contribution >= 0.6 is 0 Å². The smallest absolute Gasteiger partial charge is 0.250 e. The molecule has 0 spiro atoms. The molecule has 0 amide bonds. The molecule has 0 fully saturated rings. The van der Waals surface area contributed by atoms with Gasteiger partial charge in [-0.2, -0.15) is 0 Å². The fraction of sp³-hybridized carbons (Fsp3) is 0.353. The largest absolute Gasteiger partial charge is 0.387 e. The van der Waals surface area contributed by atoms with E-state index in [1.54, 1.807) is 10.6 Å². The highest BCUT2D eigenvalue weighted by atomic mass is 16.3. The van der Waals surface area contributed by atoms with Gasteiger partial charge in [0.25, 0.3) is 5.56 Å². The van der Waals surface area contributed by atoms with Crippen LogP contribution in [0, 0.1) is 6.92 Å². The van der Waals surface area contributed by atoms with E-state index in [9.17, 15) is 9.90 Å². The summed E-state index contributed by atoms with van der Waals surface area (Å²) >= 11 is 0. The van der Waals surface area contributed by atoms with E-state index in [1.807, 2.05) is 37.3 Å². The quantitative estimate of drug-likeness (QED) is 0.929. The van der Waals surface area contributed by atoms with Crippen molar-refractivity contribution in [2.24, 2.45) is 0 Å². The molecule has 20 heavy (non-hydrogen) atoms. The number of fused-ring (bicyclic) bond motifs is 1. The zero-order valence-electron chi connectivity index (χ0n) is 11.7. The normalized spacial score (nSPS) is 15.1. The number of aliphatic hydroxyl groups is 1. The molecule has 2 aromatic rings. The first-order valence-corrected chi connectivity index (χ1v) is 7.11. The molecule has 1 heterocycles. The first-order valence-electron chi connectivity index (χ1n) is 7.11. The lowest BCUT2D eigenvalue weighted by molar-refractivity contribution is 0.154. The zero-order chi connectivity index (χ0) is 14.1. The molecule has 0 saturated carbocycles. The number of aliphatic hydroxyl groups excluding tert-OH is 1. The van der Waals surface area contributed by atoms with E-state index < -0.39 is 6.10 Å². The van der Waals surface area contributed by atoms with E-state index in [2.05, 4.69) is 0 Å². The second-order valence-corrected chi connectivity index (χ2v) is 5.53. The van der Waals surface area contributed by atoms with Crippen molar-refractivity contribution in [1.29, 1.82) is 0 Å². The molecule has 0 bridgehead atoms. The molecule has 1 unspecified atom stereocenters. The van der Waals surface area contributed by atoms with Crippen molar-refractivity contribution in [2.75, 3.05) is 0 Å². The summed E-state index contributed by atoms with van der Waals surface area (Å²) in [4.78, 5) is 12.1. The Morgan fingerprint density at radius 2 is 1.90 bits per heavy atom. The third kappa shape index (κ3) is 2.41. The molecule has 1 aliphatic carbocycles. The maximum absolute atomic E-state index is 12.1. The third-order valence-electron chi connectivity index (χ3n) is 4.07. The van der Waals surface area contributed by atoms with Crippen LogP contribution < -0.4 is 5.56 Å². The van der Waals surface area contributed by atoms with Gasteiger partial charge in [-0.15, -0.1) is 0 Å². The SMILES string of the molecule is Cc1ccc(C(O)Cn2c3c(ccc2=O)CCC3)cc1. The molecule has 1 aromatic heterocycles. The van der Waals surface area contributed by atoms with Gasteiger partial charge in [-0.1, -0.05) is 35.9 Å². The molecule has 1 aliphatic rings.